The molecule has 1 saturated heterocycles. The third-order valence-electron chi connectivity index (χ3n) is 3.38. The average Bonchev–Trinajstić information content (AvgIpc) is 2.86. The van der Waals surface area contributed by atoms with Crippen molar-refractivity contribution in [2.75, 3.05) is 13.2 Å². The molecule has 0 aliphatic carbocycles. The van der Waals surface area contributed by atoms with Gasteiger partial charge in [-0.15, -0.1) is 0 Å². The van der Waals surface area contributed by atoms with E-state index in [1.165, 1.54) is 12.1 Å². The maximum absolute atomic E-state index is 13.9. The summed E-state index contributed by atoms with van der Waals surface area (Å²) in [6.45, 7) is 2.47. The van der Waals surface area contributed by atoms with Crippen LogP contribution in [0, 0.1) is 17.7 Å². The smallest absolute Gasteiger partial charge is 0.251 e. The van der Waals surface area contributed by atoms with Crippen LogP contribution in [0.3, 0.4) is 0 Å². The molecule has 2 atom stereocenters. The lowest BCUT2D eigenvalue weighted by molar-refractivity contribution is 0.0866. The molecule has 2 N–H and O–H groups in total. The van der Waals surface area contributed by atoms with E-state index in [2.05, 4.69) is 17.2 Å². The maximum Gasteiger partial charge on any atom is 0.251 e. The fourth-order valence-corrected chi connectivity index (χ4v) is 2.14. The average molecular weight is 291 g/mol. The summed E-state index contributed by atoms with van der Waals surface area (Å²) in [6.07, 6.45) is 1.03. The van der Waals surface area contributed by atoms with Gasteiger partial charge in [0, 0.05) is 18.6 Å². The van der Waals surface area contributed by atoms with Crippen LogP contribution in [0.4, 0.5) is 4.39 Å². The second-order valence-corrected chi connectivity index (χ2v) is 4.91. The minimum Gasteiger partial charge on any atom is -0.395 e. The fraction of sp³-hybridized carbons (Fsp3) is 0.438. The van der Waals surface area contributed by atoms with Crippen molar-refractivity contribution >= 4 is 5.91 Å². The predicted molar refractivity (Wildman–Crippen MR) is 76.3 cm³/mol. The lowest BCUT2D eigenvalue weighted by Crippen LogP contribution is -2.39. The molecular weight excluding hydrogens is 273 g/mol. The highest BCUT2D eigenvalue weighted by molar-refractivity contribution is 5.94. The van der Waals surface area contributed by atoms with E-state index in [0.29, 0.717) is 13.0 Å². The molecule has 5 heteroatoms. The first-order valence-corrected chi connectivity index (χ1v) is 6.93. The molecule has 2 unspecified atom stereocenters. The van der Waals surface area contributed by atoms with Gasteiger partial charge in [0.25, 0.3) is 5.91 Å². The van der Waals surface area contributed by atoms with Crippen LogP contribution < -0.4 is 5.32 Å². The highest BCUT2D eigenvalue weighted by atomic mass is 19.1. The van der Waals surface area contributed by atoms with E-state index in [-0.39, 0.29) is 35.8 Å². The van der Waals surface area contributed by atoms with Gasteiger partial charge in [-0.25, -0.2) is 4.39 Å². The normalized spacial score (nSPS) is 20.7. The van der Waals surface area contributed by atoms with E-state index in [9.17, 15) is 9.18 Å². The van der Waals surface area contributed by atoms with Gasteiger partial charge in [0.1, 0.15) is 5.82 Å². The van der Waals surface area contributed by atoms with Crippen LogP contribution in [0.1, 0.15) is 35.7 Å². The molecule has 1 fully saturated rings. The van der Waals surface area contributed by atoms with Crippen molar-refractivity contribution in [2.24, 2.45) is 0 Å². The molecule has 1 aliphatic rings. The second kappa shape index (κ2) is 7.21. The van der Waals surface area contributed by atoms with Gasteiger partial charge in [0.2, 0.25) is 0 Å². The van der Waals surface area contributed by atoms with Crippen molar-refractivity contribution < 1.29 is 19.0 Å². The molecule has 1 aromatic carbocycles. The molecule has 1 heterocycles. The summed E-state index contributed by atoms with van der Waals surface area (Å²) in [5.41, 5.74) is 0.483. The summed E-state index contributed by atoms with van der Waals surface area (Å²) in [5.74, 6) is 4.42. The Morgan fingerprint density at radius 1 is 1.57 bits per heavy atom. The SMILES string of the molecule is CC1OCCC1NC(=O)c1ccc(C#CCCO)c(F)c1. The molecule has 0 spiro atoms. The summed E-state index contributed by atoms with van der Waals surface area (Å²) in [4.78, 5) is 12.1. The van der Waals surface area contributed by atoms with Gasteiger partial charge in [-0.2, -0.15) is 0 Å². The Labute approximate surface area is 123 Å². The Hall–Kier alpha value is -1.90. The van der Waals surface area contributed by atoms with Crippen molar-refractivity contribution in [3.63, 3.8) is 0 Å². The minimum atomic E-state index is -0.538. The van der Waals surface area contributed by atoms with Crippen LogP contribution >= 0.6 is 0 Å². The Morgan fingerprint density at radius 2 is 2.38 bits per heavy atom. The summed E-state index contributed by atoms with van der Waals surface area (Å²) >= 11 is 0. The van der Waals surface area contributed by atoms with Gasteiger partial charge >= 0.3 is 0 Å². The monoisotopic (exact) mass is 291 g/mol. The van der Waals surface area contributed by atoms with Crippen molar-refractivity contribution in [1.29, 1.82) is 0 Å². The largest absolute Gasteiger partial charge is 0.395 e. The van der Waals surface area contributed by atoms with Crippen LogP contribution in [-0.4, -0.2) is 36.4 Å². The standard InChI is InChI=1S/C16H18FNO3/c1-11-15(7-9-21-11)18-16(20)13-6-5-12(14(17)10-13)4-2-3-8-19/h5-6,10-11,15,19H,3,7-9H2,1H3,(H,18,20). The lowest BCUT2D eigenvalue weighted by Gasteiger charge is -2.16. The maximum atomic E-state index is 13.9. The Kier molecular flexibility index (Phi) is 5.32. The summed E-state index contributed by atoms with van der Waals surface area (Å²) < 4.78 is 19.2. The Morgan fingerprint density at radius 3 is 3.00 bits per heavy atom. The molecule has 2 rings (SSSR count). The lowest BCUT2D eigenvalue weighted by atomic mass is 10.1. The second-order valence-electron chi connectivity index (χ2n) is 4.91. The van der Waals surface area contributed by atoms with Gasteiger partial charge in [-0.05, 0) is 31.5 Å². The number of hydrogen-bond acceptors (Lipinski definition) is 3. The topological polar surface area (TPSA) is 58.6 Å². The molecule has 1 aromatic rings. The first-order valence-electron chi connectivity index (χ1n) is 6.93. The molecule has 0 bridgehead atoms. The van der Waals surface area contributed by atoms with Crippen LogP contribution in [0.5, 0.6) is 0 Å². The van der Waals surface area contributed by atoms with Crippen molar-refractivity contribution in [3.8, 4) is 11.8 Å². The number of halogens is 1. The van der Waals surface area contributed by atoms with E-state index in [4.69, 9.17) is 9.84 Å². The summed E-state index contributed by atoms with van der Waals surface area (Å²) in [7, 11) is 0. The van der Waals surface area contributed by atoms with Gasteiger partial charge in [0.15, 0.2) is 0 Å². The highest BCUT2D eigenvalue weighted by Gasteiger charge is 2.26. The van der Waals surface area contributed by atoms with Gasteiger partial charge in [-0.3, -0.25) is 4.79 Å². The third-order valence-corrected chi connectivity index (χ3v) is 3.38. The Bertz CT molecular complexity index is 577. The number of benzene rings is 1. The number of aliphatic hydroxyl groups excluding tert-OH is 1. The number of aliphatic hydroxyl groups is 1. The third kappa shape index (κ3) is 4.03. The number of nitrogens with one attached hydrogen (secondary N) is 1. The molecular formula is C16H18FNO3. The van der Waals surface area contributed by atoms with Gasteiger partial charge in [0.05, 0.1) is 24.3 Å². The minimum absolute atomic E-state index is 0.0255. The summed E-state index contributed by atoms with van der Waals surface area (Å²) in [5, 5.41) is 11.5. The number of ether oxygens (including phenoxy) is 1. The van der Waals surface area contributed by atoms with Crippen LogP contribution in [0.2, 0.25) is 0 Å². The van der Waals surface area contributed by atoms with E-state index >= 15 is 0 Å². The van der Waals surface area contributed by atoms with Crippen LogP contribution in [0.25, 0.3) is 0 Å². The molecule has 21 heavy (non-hydrogen) atoms. The van der Waals surface area contributed by atoms with Crippen molar-refractivity contribution in [2.45, 2.75) is 31.9 Å². The zero-order valence-electron chi connectivity index (χ0n) is 11.9. The quantitative estimate of drug-likeness (QED) is 0.829. The predicted octanol–water partition coefficient (Wildman–Crippen LogP) is 1.47. The zero-order valence-corrected chi connectivity index (χ0v) is 11.9. The molecule has 0 radical (unpaired) electrons. The first-order chi connectivity index (χ1) is 10.1. The molecule has 1 aliphatic heterocycles. The van der Waals surface area contributed by atoms with E-state index < -0.39 is 5.82 Å². The molecule has 0 saturated carbocycles. The molecule has 1 amide bonds. The molecule has 112 valence electrons. The number of rotatable bonds is 3. The van der Waals surface area contributed by atoms with Crippen LogP contribution in [-0.2, 0) is 4.74 Å². The van der Waals surface area contributed by atoms with E-state index in [1.807, 2.05) is 6.92 Å². The number of carbonyl (C=O) groups is 1. The van der Waals surface area contributed by atoms with Gasteiger partial charge < -0.3 is 15.2 Å². The number of hydrogen-bond donors (Lipinski definition) is 2. The van der Waals surface area contributed by atoms with Crippen molar-refractivity contribution in [1.82, 2.24) is 5.32 Å². The highest BCUT2D eigenvalue weighted by Crippen LogP contribution is 2.14. The van der Waals surface area contributed by atoms with Gasteiger partial charge in [-0.1, -0.05) is 11.8 Å². The van der Waals surface area contributed by atoms with Crippen LogP contribution in [0.15, 0.2) is 18.2 Å². The Balaban J connectivity index is 2.05. The zero-order chi connectivity index (χ0) is 15.2. The molecule has 0 aromatic heterocycles. The van der Waals surface area contributed by atoms with Crippen molar-refractivity contribution in [3.05, 3.63) is 35.1 Å². The van der Waals surface area contributed by atoms with E-state index in [1.54, 1.807) is 6.07 Å². The van der Waals surface area contributed by atoms with E-state index in [0.717, 1.165) is 6.42 Å². The molecule has 4 nitrogen and oxygen atoms in total. The number of amides is 1. The number of carbonyl (C=O) groups excluding carboxylic acids is 1. The summed E-state index contributed by atoms with van der Waals surface area (Å²) in [6, 6.07) is 4.16. The fourth-order valence-electron chi connectivity index (χ4n) is 2.14. The first kappa shape index (κ1) is 15.5.